The highest BCUT2D eigenvalue weighted by Crippen LogP contribution is 2.31. The third-order valence-corrected chi connectivity index (χ3v) is 6.31. The summed E-state index contributed by atoms with van der Waals surface area (Å²) >= 11 is 0. The zero-order valence-corrected chi connectivity index (χ0v) is 20.3. The number of ether oxygens (including phenoxy) is 1. The van der Waals surface area contributed by atoms with E-state index >= 15 is 0 Å². The van der Waals surface area contributed by atoms with Crippen molar-refractivity contribution in [1.82, 2.24) is 15.0 Å². The summed E-state index contributed by atoms with van der Waals surface area (Å²) in [7, 11) is 3.38. The SMILES string of the molecule is C=CCc1cc(/C=N/N(C)c2nc(N3CCCCC3)nc(N3CCCCC3)n2)cc(OC)c1O. The van der Waals surface area contributed by atoms with Crippen LogP contribution in [0.3, 0.4) is 0 Å². The molecule has 0 saturated carbocycles. The summed E-state index contributed by atoms with van der Waals surface area (Å²) in [6.45, 7) is 7.64. The lowest BCUT2D eigenvalue weighted by molar-refractivity contribution is 0.371. The van der Waals surface area contributed by atoms with Gasteiger partial charge in [0.15, 0.2) is 11.5 Å². The molecule has 2 aliphatic heterocycles. The summed E-state index contributed by atoms with van der Waals surface area (Å²) in [5, 5.41) is 16.6. The first kappa shape index (κ1) is 23.8. The van der Waals surface area contributed by atoms with Crippen molar-refractivity contribution in [3.8, 4) is 11.5 Å². The fraction of sp³-hybridized carbons (Fsp3) is 0.520. The van der Waals surface area contributed by atoms with Gasteiger partial charge in [-0.15, -0.1) is 6.58 Å². The van der Waals surface area contributed by atoms with Crippen LogP contribution in [0.15, 0.2) is 29.9 Å². The molecule has 0 unspecified atom stereocenters. The van der Waals surface area contributed by atoms with E-state index in [-0.39, 0.29) is 5.75 Å². The van der Waals surface area contributed by atoms with Gasteiger partial charge in [0.25, 0.3) is 5.95 Å². The number of phenolic OH excluding ortho intramolecular Hbond substituents is 1. The number of hydrogen-bond acceptors (Lipinski definition) is 9. The van der Waals surface area contributed by atoms with Crippen molar-refractivity contribution in [3.63, 3.8) is 0 Å². The fourth-order valence-electron chi connectivity index (χ4n) is 4.39. The minimum absolute atomic E-state index is 0.128. The lowest BCUT2D eigenvalue weighted by Gasteiger charge is -2.30. The highest BCUT2D eigenvalue weighted by molar-refractivity contribution is 5.82. The minimum Gasteiger partial charge on any atom is -0.504 e. The van der Waals surface area contributed by atoms with Gasteiger partial charge in [0.05, 0.1) is 13.3 Å². The van der Waals surface area contributed by atoms with Crippen LogP contribution in [0, 0.1) is 0 Å². The summed E-state index contributed by atoms with van der Waals surface area (Å²) < 4.78 is 5.33. The molecule has 1 aromatic carbocycles. The molecule has 0 radical (unpaired) electrons. The third-order valence-electron chi connectivity index (χ3n) is 6.31. The molecular formula is C25H35N7O2. The maximum absolute atomic E-state index is 10.3. The summed E-state index contributed by atoms with van der Waals surface area (Å²) in [5.41, 5.74) is 1.54. The van der Waals surface area contributed by atoms with Crippen LogP contribution in [0.4, 0.5) is 17.8 Å². The smallest absolute Gasteiger partial charge is 0.252 e. The lowest BCUT2D eigenvalue weighted by atomic mass is 10.1. The lowest BCUT2D eigenvalue weighted by Crippen LogP contribution is -2.35. The topological polar surface area (TPSA) is 90.2 Å². The largest absolute Gasteiger partial charge is 0.504 e. The molecule has 34 heavy (non-hydrogen) atoms. The van der Waals surface area contributed by atoms with Crippen molar-refractivity contribution in [2.75, 3.05) is 55.1 Å². The van der Waals surface area contributed by atoms with E-state index in [1.54, 1.807) is 23.4 Å². The van der Waals surface area contributed by atoms with E-state index < -0.39 is 0 Å². The van der Waals surface area contributed by atoms with Crippen molar-refractivity contribution >= 4 is 24.1 Å². The van der Waals surface area contributed by atoms with Gasteiger partial charge in [-0.3, -0.25) is 0 Å². The second kappa shape index (κ2) is 11.2. The van der Waals surface area contributed by atoms with E-state index in [9.17, 15) is 5.11 Å². The number of allylic oxidation sites excluding steroid dienone is 1. The van der Waals surface area contributed by atoms with Gasteiger partial charge in [-0.05, 0) is 62.6 Å². The Morgan fingerprint density at radius 3 is 2.12 bits per heavy atom. The summed E-state index contributed by atoms with van der Waals surface area (Å²) in [6, 6.07) is 3.63. The Labute approximate surface area is 201 Å². The first-order chi connectivity index (χ1) is 16.6. The average molecular weight is 466 g/mol. The number of benzene rings is 1. The van der Waals surface area contributed by atoms with Gasteiger partial charge in [0.1, 0.15) is 0 Å². The predicted octanol–water partition coefficient (Wildman–Crippen LogP) is 3.77. The highest BCUT2D eigenvalue weighted by Gasteiger charge is 2.21. The number of hydrogen-bond donors (Lipinski definition) is 1. The third kappa shape index (κ3) is 5.58. The van der Waals surface area contributed by atoms with E-state index in [2.05, 4.69) is 21.5 Å². The van der Waals surface area contributed by atoms with Crippen molar-refractivity contribution in [2.45, 2.75) is 44.9 Å². The van der Waals surface area contributed by atoms with E-state index in [1.807, 2.05) is 13.1 Å². The Morgan fingerprint density at radius 1 is 1.00 bits per heavy atom. The van der Waals surface area contributed by atoms with Crippen LogP contribution in [0.2, 0.25) is 0 Å². The molecule has 4 rings (SSSR count). The van der Waals surface area contributed by atoms with E-state index in [1.165, 1.54) is 20.0 Å². The van der Waals surface area contributed by atoms with Crippen LogP contribution in [-0.4, -0.2) is 66.6 Å². The maximum Gasteiger partial charge on any atom is 0.252 e. The van der Waals surface area contributed by atoms with Crippen molar-refractivity contribution in [3.05, 3.63) is 35.9 Å². The highest BCUT2D eigenvalue weighted by atomic mass is 16.5. The molecule has 182 valence electrons. The molecule has 2 fully saturated rings. The first-order valence-electron chi connectivity index (χ1n) is 12.1. The average Bonchev–Trinajstić information content (AvgIpc) is 2.89. The Balaban J connectivity index is 1.62. The number of rotatable bonds is 8. The van der Waals surface area contributed by atoms with Crippen molar-refractivity contribution < 1.29 is 9.84 Å². The number of anilines is 3. The van der Waals surface area contributed by atoms with Crippen LogP contribution in [0.5, 0.6) is 11.5 Å². The number of phenols is 1. The zero-order chi connectivity index (χ0) is 23.9. The van der Waals surface area contributed by atoms with E-state index in [0.29, 0.717) is 18.1 Å². The van der Waals surface area contributed by atoms with Gasteiger partial charge in [-0.25, -0.2) is 5.01 Å². The van der Waals surface area contributed by atoms with Crippen LogP contribution in [-0.2, 0) is 6.42 Å². The Kier molecular flexibility index (Phi) is 7.82. The van der Waals surface area contributed by atoms with Crippen molar-refractivity contribution in [1.29, 1.82) is 0 Å². The standard InChI is InChI=1S/C25H35N7O2/c1-4-11-20-16-19(17-21(34-3)22(20)33)18-26-30(2)23-27-24(31-12-7-5-8-13-31)29-25(28-23)32-14-9-6-10-15-32/h4,16-18,33H,1,5-15H2,2-3H3/b26-18+. The van der Waals surface area contributed by atoms with E-state index in [0.717, 1.165) is 74.9 Å². The van der Waals surface area contributed by atoms with Crippen LogP contribution in [0.1, 0.15) is 49.7 Å². The second-order valence-corrected chi connectivity index (χ2v) is 8.82. The predicted molar refractivity (Wildman–Crippen MR) is 137 cm³/mol. The monoisotopic (exact) mass is 465 g/mol. The molecule has 9 heteroatoms. The zero-order valence-electron chi connectivity index (χ0n) is 20.3. The summed E-state index contributed by atoms with van der Waals surface area (Å²) in [5.74, 6) is 2.51. The molecular weight excluding hydrogens is 430 g/mol. The summed E-state index contributed by atoms with van der Waals surface area (Å²) in [6.07, 6.45) is 11.1. The molecule has 2 aliphatic rings. The van der Waals surface area contributed by atoms with Gasteiger partial charge < -0.3 is 19.6 Å². The maximum atomic E-state index is 10.3. The normalized spacial score (nSPS) is 16.6. The molecule has 0 spiro atoms. The van der Waals surface area contributed by atoms with Gasteiger partial charge in [0, 0.05) is 38.8 Å². The molecule has 0 atom stereocenters. The number of aromatic nitrogens is 3. The van der Waals surface area contributed by atoms with Crippen molar-refractivity contribution in [2.24, 2.45) is 5.10 Å². The Morgan fingerprint density at radius 2 is 1.59 bits per heavy atom. The number of methoxy groups -OCH3 is 1. The van der Waals surface area contributed by atoms with Crippen LogP contribution < -0.4 is 19.5 Å². The molecule has 1 N–H and O–H groups in total. The Bertz CT molecular complexity index is 978. The Hall–Kier alpha value is -3.36. The molecule has 0 bridgehead atoms. The fourth-order valence-corrected chi connectivity index (χ4v) is 4.39. The van der Waals surface area contributed by atoms with E-state index in [4.69, 9.17) is 19.7 Å². The van der Waals surface area contributed by atoms with Gasteiger partial charge in [-0.2, -0.15) is 20.1 Å². The van der Waals surface area contributed by atoms with Crippen LogP contribution in [0.25, 0.3) is 0 Å². The minimum atomic E-state index is 0.128. The number of nitrogens with zero attached hydrogens (tertiary/aromatic N) is 7. The molecule has 2 saturated heterocycles. The molecule has 2 aromatic rings. The molecule has 1 aromatic heterocycles. The van der Waals surface area contributed by atoms with Gasteiger partial charge in [0.2, 0.25) is 11.9 Å². The second-order valence-electron chi connectivity index (χ2n) is 8.82. The number of aromatic hydroxyl groups is 1. The molecule has 0 amide bonds. The molecule has 3 heterocycles. The number of piperidine rings is 2. The van der Waals surface area contributed by atoms with Crippen LogP contribution >= 0.6 is 0 Å². The quantitative estimate of drug-likeness (QED) is 0.358. The molecule has 0 aliphatic carbocycles. The molecule has 9 nitrogen and oxygen atoms in total. The first-order valence-corrected chi connectivity index (χ1v) is 12.1. The van der Waals surface area contributed by atoms with Gasteiger partial charge >= 0.3 is 0 Å². The van der Waals surface area contributed by atoms with Gasteiger partial charge in [-0.1, -0.05) is 6.08 Å². The summed E-state index contributed by atoms with van der Waals surface area (Å²) in [4.78, 5) is 18.9. The number of hydrazone groups is 1.